The van der Waals surface area contributed by atoms with Crippen molar-refractivity contribution in [2.45, 2.75) is 0 Å². The van der Waals surface area contributed by atoms with Gasteiger partial charge in [0.2, 0.25) is 0 Å². The van der Waals surface area contributed by atoms with Crippen LogP contribution in [0.1, 0.15) is 11.1 Å². The summed E-state index contributed by atoms with van der Waals surface area (Å²) >= 11 is 14.2. The number of rotatable bonds is 4. The van der Waals surface area contributed by atoms with Crippen LogP contribution in [0, 0.1) is 4.84 Å². The molecule has 25 heavy (non-hydrogen) atoms. The van der Waals surface area contributed by atoms with E-state index in [1.165, 1.54) is 0 Å². The molecular weight excluding hydrogens is 386 g/mol. The van der Waals surface area contributed by atoms with E-state index in [-0.39, 0.29) is 0 Å². The Kier molecular flexibility index (Phi) is 5.84. The molecule has 2 nitrogen and oxygen atoms in total. The van der Waals surface area contributed by atoms with Gasteiger partial charge in [0, 0.05) is 17.5 Å². The van der Waals surface area contributed by atoms with Crippen molar-refractivity contribution in [2.24, 2.45) is 7.05 Å². The lowest BCUT2D eigenvalue weighted by molar-refractivity contribution is 0.559. The Morgan fingerprint density at radius 3 is 2.36 bits per heavy atom. The van der Waals surface area contributed by atoms with E-state index < -0.39 is 0 Å². The van der Waals surface area contributed by atoms with Gasteiger partial charge in [-0.15, -0.1) is 23.5 Å². The van der Waals surface area contributed by atoms with Crippen molar-refractivity contribution in [1.29, 1.82) is 0 Å². The molecule has 1 aromatic heterocycles. The maximum Gasteiger partial charge on any atom is 0.269 e. The molecule has 0 aliphatic rings. The molecular formula is C19H17NOS4. The van der Waals surface area contributed by atoms with Crippen molar-refractivity contribution in [2.75, 3.05) is 12.5 Å². The number of oxazole rings is 1. The fraction of sp³-hybridized carbons (Fsp3) is 0.158. The van der Waals surface area contributed by atoms with Crippen LogP contribution >= 0.6 is 48.0 Å². The third-order valence-electron chi connectivity index (χ3n) is 3.94. The van der Waals surface area contributed by atoms with Gasteiger partial charge in [-0.25, -0.2) is 0 Å². The average Bonchev–Trinajstić information content (AvgIpc) is 2.93. The number of aryl methyl sites for hydroxylation is 1. The van der Waals surface area contributed by atoms with Gasteiger partial charge in [-0.2, -0.15) is 0 Å². The van der Waals surface area contributed by atoms with Crippen LogP contribution in [0.5, 0.6) is 0 Å². The Labute approximate surface area is 166 Å². The standard InChI is InChI=1S/C19H17NOS4/c1-20-14-10-9-13(11-15(14)21-19(20)23)17(24-2)16(18(22)25-3)12-7-5-4-6-8-12/h4-11H,1-3H3/b17-16-. The molecule has 0 unspecified atom stereocenters. The van der Waals surface area contributed by atoms with Gasteiger partial charge < -0.3 is 8.98 Å². The van der Waals surface area contributed by atoms with E-state index in [1.807, 2.05) is 48.2 Å². The van der Waals surface area contributed by atoms with E-state index in [0.717, 1.165) is 36.9 Å². The van der Waals surface area contributed by atoms with E-state index in [4.69, 9.17) is 28.9 Å². The first-order valence-corrected chi connectivity index (χ1v) is 10.9. The number of hydrogen-bond donors (Lipinski definition) is 0. The number of nitrogens with zero attached hydrogens (tertiary/aromatic N) is 1. The molecule has 128 valence electrons. The number of benzene rings is 2. The zero-order valence-corrected chi connectivity index (χ0v) is 17.4. The first kappa shape index (κ1) is 18.5. The van der Waals surface area contributed by atoms with Crippen molar-refractivity contribution in [3.05, 3.63) is 64.5 Å². The van der Waals surface area contributed by atoms with Gasteiger partial charge in [0.1, 0.15) is 0 Å². The van der Waals surface area contributed by atoms with E-state index in [0.29, 0.717) is 4.84 Å². The van der Waals surface area contributed by atoms with Crippen LogP contribution in [0.2, 0.25) is 0 Å². The lowest BCUT2D eigenvalue weighted by Crippen LogP contribution is -1.98. The summed E-state index contributed by atoms with van der Waals surface area (Å²) in [6.07, 6.45) is 4.09. The molecule has 0 fully saturated rings. The number of aromatic nitrogens is 1. The van der Waals surface area contributed by atoms with Gasteiger partial charge >= 0.3 is 0 Å². The maximum atomic E-state index is 5.71. The third kappa shape index (κ3) is 3.62. The van der Waals surface area contributed by atoms with Crippen molar-refractivity contribution < 1.29 is 4.42 Å². The normalized spacial score (nSPS) is 12.3. The largest absolute Gasteiger partial charge is 0.429 e. The Hall–Kier alpha value is -1.34. The Bertz CT molecular complexity index is 1010. The Morgan fingerprint density at radius 1 is 1.00 bits per heavy atom. The van der Waals surface area contributed by atoms with Gasteiger partial charge in [0.05, 0.1) is 9.71 Å². The fourth-order valence-electron chi connectivity index (χ4n) is 2.69. The average molecular weight is 404 g/mol. The lowest BCUT2D eigenvalue weighted by atomic mass is 10.0. The van der Waals surface area contributed by atoms with Gasteiger partial charge in [0.15, 0.2) is 5.58 Å². The van der Waals surface area contributed by atoms with Crippen molar-refractivity contribution >= 4 is 73.7 Å². The van der Waals surface area contributed by atoms with Crippen molar-refractivity contribution in [1.82, 2.24) is 4.57 Å². The number of hydrogen-bond acceptors (Lipinski definition) is 5. The Morgan fingerprint density at radius 2 is 1.72 bits per heavy atom. The van der Waals surface area contributed by atoms with E-state index >= 15 is 0 Å². The van der Waals surface area contributed by atoms with Crippen LogP contribution < -0.4 is 0 Å². The lowest BCUT2D eigenvalue weighted by Gasteiger charge is -2.15. The predicted molar refractivity (Wildman–Crippen MR) is 119 cm³/mol. The summed E-state index contributed by atoms with van der Waals surface area (Å²) < 4.78 is 8.47. The highest BCUT2D eigenvalue weighted by Gasteiger charge is 2.16. The molecule has 0 spiro atoms. The molecule has 3 aromatic rings. The summed E-state index contributed by atoms with van der Waals surface area (Å²) in [4.78, 5) is 1.61. The second kappa shape index (κ2) is 7.91. The van der Waals surface area contributed by atoms with E-state index in [9.17, 15) is 0 Å². The number of thiocarbonyl (C=S) groups is 1. The highest BCUT2D eigenvalue weighted by atomic mass is 32.2. The van der Waals surface area contributed by atoms with Gasteiger partial charge in [0.25, 0.3) is 4.84 Å². The molecule has 0 saturated heterocycles. The van der Waals surface area contributed by atoms with Crippen LogP contribution in [0.25, 0.3) is 21.6 Å². The molecule has 0 bridgehead atoms. The molecule has 0 radical (unpaired) electrons. The summed E-state index contributed by atoms with van der Waals surface area (Å²) in [7, 11) is 1.91. The molecule has 0 amide bonds. The summed E-state index contributed by atoms with van der Waals surface area (Å²) in [5.74, 6) is 0. The third-order valence-corrected chi connectivity index (χ3v) is 6.42. The number of fused-ring (bicyclic) bond motifs is 1. The first-order valence-electron chi connectivity index (χ1n) is 7.58. The smallest absolute Gasteiger partial charge is 0.269 e. The zero-order chi connectivity index (χ0) is 18.0. The summed E-state index contributed by atoms with van der Waals surface area (Å²) in [6.45, 7) is 0. The SMILES string of the molecule is CSC(=S)/C(=C(\SC)c1ccc2c(c1)oc(=S)n2C)c1ccccc1. The second-order valence-corrected chi connectivity index (χ2v) is 8.02. The summed E-state index contributed by atoms with van der Waals surface area (Å²) in [5.41, 5.74) is 5.08. The molecule has 0 atom stereocenters. The fourth-order valence-corrected chi connectivity index (χ4v) is 4.44. The minimum absolute atomic E-state index is 0.477. The van der Waals surface area contributed by atoms with Crippen LogP contribution in [-0.2, 0) is 7.05 Å². The molecule has 1 heterocycles. The minimum Gasteiger partial charge on any atom is -0.429 e. The van der Waals surface area contributed by atoms with Gasteiger partial charge in [-0.3, -0.25) is 0 Å². The maximum absolute atomic E-state index is 5.71. The number of thioether (sulfide) groups is 2. The zero-order valence-electron chi connectivity index (χ0n) is 14.1. The Balaban J connectivity index is 2.26. The highest BCUT2D eigenvalue weighted by molar-refractivity contribution is 8.24. The quantitative estimate of drug-likeness (QED) is 0.283. The summed E-state index contributed by atoms with van der Waals surface area (Å²) in [6, 6.07) is 16.5. The molecule has 0 aliphatic carbocycles. The van der Waals surface area contributed by atoms with E-state index in [2.05, 4.69) is 24.5 Å². The van der Waals surface area contributed by atoms with Crippen LogP contribution in [0.4, 0.5) is 0 Å². The van der Waals surface area contributed by atoms with Crippen LogP contribution in [0.15, 0.2) is 52.9 Å². The van der Waals surface area contributed by atoms with Crippen molar-refractivity contribution in [3.63, 3.8) is 0 Å². The van der Waals surface area contributed by atoms with Gasteiger partial charge in [-0.05, 0) is 48.0 Å². The molecule has 6 heteroatoms. The van der Waals surface area contributed by atoms with Gasteiger partial charge in [-0.1, -0.05) is 48.6 Å². The highest BCUT2D eigenvalue weighted by Crippen LogP contribution is 2.38. The molecule has 0 saturated carbocycles. The molecule has 3 rings (SSSR count). The topological polar surface area (TPSA) is 18.1 Å². The van der Waals surface area contributed by atoms with Crippen LogP contribution in [-0.4, -0.2) is 21.3 Å². The summed E-state index contributed by atoms with van der Waals surface area (Å²) in [5, 5.41) is 0. The van der Waals surface area contributed by atoms with E-state index in [1.54, 1.807) is 23.5 Å². The minimum atomic E-state index is 0.477. The predicted octanol–water partition coefficient (Wildman–Crippen LogP) is 6.42. The molecule has 2 aromatic carbocycles. The van der Waals surface area contributed by atoms with Crippen molar-refractivity contribution in [3.8, 4) is 0 Å². The molecule has 0 aliphatic heterocycles. The molecule has 0 N–H and O–H groups in total. The van der Waals surface area contributed by atoms with Crippen LogP contribution in [0.3, 0.4) is 0 Å². The second-order valence-electron chi connectivity index (χ2n) is 5.38. The monoisotopic (exact) mass is 403 g/mol. The first-order chi connectivity index (χ1) is 12.1.